The van der Waals surface area contributed by atoms with Crippen LogP contribution in [-0.4, -0.2) is 22.2 Å². The highest BCUT2D eigenvalue weighted by atomic mass is 16.3. The number of carbonyl (C=O) groups is 1. The first kappa shape index (κ1) is 17.3. The van der Waals surface area contributed by atoms with E-state index in [4.69, 9.17) is 0 Å². The fraction of sp³-hybridized carbons (Fsp3) is 0.588. The van der Waals surface area contributed by atoms with Crippen LogP contribution in [0, 0.1) is 6.92 Å². The van der Waals surface area contributed by atoms with Crippen molar-refractivity contribution in [2.45, 2.75) is 65.3 Å². The quantitative estimate of drug-likeness (QED) is 0.753. The fourth-order valence-corrected chi connectivity index (χ4v) is 2.64. The second-order valence-electron chi connectivity index (χ2n) is 6.48. The minimum atomic E-state index is -0.182. The van der Waals surface area contributed by atoms with E-state index >= 15 is 0 Å². The van der Waals surface area contributed by atoms with Gasteiger partial charge in [0.15, 0.2) is 0 Å². The summed E-state index contributed by atoms with van der Waals surface area (Å²) in [4.78, 5) is 11.0. The number of aromatic hydroxyl groups is 2. The van der Waals surface area contributed by atoms with Crippen molar-refractivity contribution in [3.8, 4) is 11.5 Å². The molecule has 1 amide bonds. The van der Waals surface area contributed by atoms with Crippen LogP contribution in [0.5, 0.6) is 11.5 Å². The van der Waals surface area contributed by atoms with E-state index in [0.717, 1.165) is 24.8 Å². The molecule has 1 rings (SSSR count). The van der Waals surface area contributed by atoms with E-state index in [0.29, 0.717) is 5.56 Å². The molecule has 1 unspecified atom stereocenters. The van der Waals surface area contributed by atoms with Crippen LogP contribution in [0.3, 0.4) is 0 Å². The van der Waals surface area contributed by atoms with Crippen LogP contribution in [0.25, 0.3) is 0 Å². The standard InChI is InChI=1S/C17H27NO3/c1-11(18-13(3)19)7-6-10-17(4,5)14-8-9-15(20)12(2)16(14)21/h8-9,11,20-21H,6-7,10H2,1-5H3,(H,18,19). The molecule has 0 heterocycles. The highest BCUT2D eigenvalue weighted by Gasteiger charge is 2.25. The van der Waals surface area contributed by atoms with Gasteiger partial charge in [0.25, 0.3) is 0 Å². The van der Waals surface area contributed by atoms with Gasteiger partial charge in [-0.05, 0) is 38.2 Å². The second kappa shape index (κ2) is 6.83. The summed E-state index contributed by atoms with van der Waals surface area (Å²) in [6.45, 7) is 9.40. The molecule has 0 fully saturated rings. The van der Waals surface area contributed by atoms with E-state index < -0.39 is 0 Å². The highest BCUT2D eigenvalue weighted by Crippen LogP contribution is 2.39. The van der Waals surface area contributed by atoms with Crippen molar-refractivity contribution in [3.05, 3.63) is 23.3 Å². The minimum Gasteiger partial charge on any atom is -0.508 e. The first-order valence-corrected chi connectivity index (χ1v) is 7.44. The number of amides is 1. The van der Waals surface area contributed by atoms with Crippen LogP contribution >= 0.6 is 0 Å². The Labute approximate surface area is 127 Å². The van der Waals surface area contributed by atoms with Crippen molar-refractivity contribution >= 4 is 5.91 Å². The molecule has 0 bridgehead atoms. The molecule has 0 radical (unpaired) electrons. The summed E-state index contributed by atoms with van der Waals surface area (Å²) in [6, 6.07) is 3.58. The Kier molecular flexibility index (Phi) is 5.64. The molecule has 1 atom stereocenters. The lowest BCUT2D eigenvalue weighted by Gasteiger charge is -2.27. The second-order valence-corrected chi connectivity index (χ2v) is 6.48. The molecule has 0 aromatic heterocycles. The maximum atomic E-state index is 11.0. The number of hydrogen-bond donors (Lipinski definition) is 3. The molecule has 0 aliphatic carbocycles. The maximum Gasteiger partial charge on any atom is 0.217 e. The van der Waals surface area contributed by atoms with Gasteiger partial charge in [-0.3, -0.25) is 4.79 Å². The van der Waals surface area contributed by atoms with Crippen LogP contribution in [0.15, 0.2) is 12.1 Å². The van der Waals surface area contributed by atoms with E-state index in [1.165, 1.54) is 6.92 Å². The molecule has 0 aliphatic rings. The summed E-state index contributed by atoms with van der Waals surface area (Å²) in [7, 11) is 0. The first-order valence-electron chi connectivity index (χ1n) is 7.44. The van der Waals surface area contributed by atoms with E-state index in [1.54, 1.807) is 19.1 Å². The largest absolute Gasteiger partial charge is 0.508 e. The Bertz CT molecular complexity index is 509. The van der Waals surface area contributed by atoms with E-state index in [-0.39, 0.29) is 28.9 Å². The lowest BCUT2D eigenvalue weighted by Crippen LogP contribution is -2.30. The number of benzene rings is 1. The molecule has 1 aromatic carbocycles. The van der Waals surface area contributed by atoms with Crippen LogP contribution < -0.4 is 5.32 Å². The average molecular weight is 293 g/mol. The van der Waals surface area contributed by atoms with Crippen molar-refractivity contribution in [1.82, 2.24) is 5.32 Å². The van der Waals surface area contributed by atoms with E-state index in [1.807, 2.05) is 6.92 Å². The molecule has 118 valence electrons. The van der Waals surface area contributed by atoms with Crippen molar-refractivity contribution in [1.29, 1.82) is 0 Å². The summed E-state index contributed by atoms with van der Waals surface area (Å²) < 4.78 is 0. The molecule has 0 spiro atoms. The summed E-state index contributed by atoms with van der Waals surface area (Å²) in [5, 5.41) is 22.7. The molecule has 3 N–H and O–H groups in total. The van der Waals surface area contributed by atoms with Gasteiger partial charge >= 0.3 is 0 Å². The average Bonchev–Trinajstić information content (AvgIpc) is 2.34. The topological polar surface area (TPSA) is 69.6 Å². The van der Waals surface area contributed by atoms with Crippen LogP contribution in [0.1, 0.15) is 58.1 Å². The van der Waals surface area contributed by atoms with Crippen molar-refractivity contribution in [3.63, 3.8) is 0 Å². The predicted octanol–water partition coefficient (Wildman–Crippen LogP) is 3.38. The summed E-state index contributed by atoms with van der Waals surface area (Å²) >= 11 is 0. The molecular weight excluding hydrogens is 266 g/mol. The molecule has 0 saturated heterocycles. The van der Waals surface area contributed by atoms with Gasteiger partial charge < -0.3 is 15.5 Å². The number of phenols is 2. The van der Waals surface area contributed by atoms with Crippen molar-refractivity contribution in [2.24, 2.45) is 0 Å². The van der Waals surface area contributed by atoms with Gasteiger partial charge in [0.2, 0.25) is 5.91 Å². The Balaban J connectivity index is 2.70. The zero-order valence-electron chi connectivity index (χ0n) is 13.7. The third kappa shape index (κ3) is 4.66. The van der Waals surface area contributed by atoms with Gasteiger partial charge in [0, 0.05) is 24.1 Å². The third-order valence-corrected chi connectivity index (χ3v) is 4.02. The van der Waals surface area contributed by atoms with Gasteiger partial charge in [-0.2, -0.15) is 0 Å². The number of hydrogen-bond acceptors (Lipinski definition) is 3. The summed E-state index contributed by atoms with van der Waals surface area (Å²) in [5.74, 6) is 0.287. The third-order valence-electron chi connectivity index (χ3n) is 4.02. The van der Waals surface area contributed by atoms with Crippen molar-refractivity contribution in [2.75, 3.05) is 0 Å². The minimum absolute atomic E-state index is 0.00596. The zero-order chi connectivity index (χ0) is 16.2. The number of phenolic OH excluding ortho intramolecular Hbond substituents is 2. The SMILES string of the molecule is CC(=O)NC(C)CCCC(C)(C)c1ccc(O)c(C)c1O. The molecule has 1 aromatic rings. The van der Waals surface area contributed by atoms with E-state index in [2.05, 4.69) is 19.2 Å². The Morgan fingerprint density at radius 1 is 1.33 bits per heavy atom. The van der Waals surface area contributed by atoms with Gasteiger partial charge in [0.1, 0.15) is 11.5 Å². The fourth-order valence-electron chi connectivity index (χ4n) is 2.64. The first-order chi connectivity index (χ1) is 9.65. The van der Waals surface area contributed by atoms with Gasteiger partial charge in [0.05, 0.1) is 0 Å². The molecule has 4 heteroatoms. The van der Waals surface area contributed by atoms with Crippen LogP contribution in [0.4, 0.5) is 0 Å². The molecule has 4 nitrogen and oxygen atoms in total. The monoisotopic (exact) mass is 293 g/mol. The van der Waals surface area contributed by atoms with Crippen molar-refractivity contribution < 1.29 is 15.0 Å². The molecule has 0 aliphatic heterocycles. The normalized spacial score (nSPS) is 13.0. The zero-order valence-corrected chi connectivity index (χ0v) is 13.7. The number of carbonyl (C=O) groups excluding carboxylic acids is 1. The van der Waals surface area contributed by atoms with Gasteiger partial charge in [-0.25, -0.2) is 0 Å². The predicted molar refractivity (Wildman–Crippen MR) is 84.7 cm³/mol. The summed E-state index contributed by atoms with van der Waals surface area (Å²) in [6.07, 6.45) is 2.75. The van der Waals surface area contributed by atoms with E-state index in [9.17, 15) is 15.0 Å². The molecule has 21 heavy (non-hydrogen) atoms. The molecule has 0 saturated carbocycles. The molecular formula is C17H27NO3. The maximum absolute atomic E-state index is 11.0. The highest BCUT2D eigenvalue weighted by molar-refractivity contribution is 5.73. The Morgan fingerprint density at radius 3 is 2.52 bits per heavy atom. The lowest BCUT2D eigenvalue weighted by atomic mass is 9.78. The van der Waals surface area contributed by atoms with Gasteiger partial charge in [-0.1, -0.05) is 26.3 Å². The van der Waals surface area contributed by atoms with Crippen LogP contribution in [0.2, 0.25) is 0 Å². The van der Waals surface area contributed by atoms with Crippen LogP contribution in [-0.2, 0) is 10.2 Å². The smallest absolute Gasteiger partial charge is 0.217 e. The Hall–Kier alpha value is -1.71. The number of nitrogens with one attached hydrogen (secondary N) is 1. The summed E-state index contributed by atoms with van der Waals surface area (Å²) in [5.41, 5.74) is 1.19. The van der Waals surface area contributed by atoms with Gasteiger partial charge in [-0.15, -0.1) is 0 Å². The number of rotatable bonds is 6. The Morgan fingerprint density at radius 2 is 1.95 bits per heavy atom. The lowest BCUT2D eigenvalue weighted by molar-refractivity contribution is -0.119.